The van der Waals surface area contributed by atoms with E-state index in [2.05, 4.69) is 0 Å². The third kappa shape index (κ3) is 3.69. The zero-order valence-electron chi connectivity index (χ0n) is 16.2. The summed E-state index contributed by atoms with van der Waals surface area (Å²) in [7, 11) is 7.01. The molecule has 2 aromatic carbocycles. The quantitative estimate of drug-likeness (QED) is 0.570. The first-order chi connectivity index (χ1) is 12.9. The summed E-state index contributed by atoms with van der Waals surface area (Å²) >= 11 is 0. The number of hydrogen-bond donors (Lipinski definition) is 0. The summed E-state index contributed by atoms with van der Waals surface area (Å²) < 4.78 is 21.6. The predicted molar refractivity (Wildman–Crippen MR) is 104 cm³/mol. The average molecular weight is 369 g/mol. The topological polar surface area (TPSA) is 57.2 Å². The average Bonchev–Trinajstić information content (AvgIpc) is 3.13. The Morgan fingerprint density at radius 3 is 2.33 bits per heavy atom. The lowest BCUT2D eigenvalue weighted by molar-refractivity contribution is 0.103. The number of hydrogen-bond acceptors (Lipinski definition) is 6. The Morgan fingerprint density at radius 1 is 1.04 bits per heavy atom. The maximum atomic E-state index is 12.9. The molecule has 1 aliphatic heterocycles. The van der Waals surface area contributed by atoms with E-state index in [-0.39, 0.29) is 12.6 Å². The van der Waals surface area contributed by atoms with Crippen LogP contribution in [0.25, 0.3) is 6.08 Å². The van der Waals surface area contributed by atoms with Crippen LogP contribution < -0.4 is 23.8 Å². The Bertz CT molecular complexity index is 902. The Hall–Kier alpha value is -3.15. The van der Waals surface area contributed by atoms with Crippen LogP contribution in [0.3, 0.4) is 0 Å². The molecule has 0 bridgehead atoms. The minimum absolute atomic E-state index is 0.0690. The van der Waals surface area contributed by atoms with Gasteiger partial charge in [0.25, 0.3) is 0 Å². The number of ether oxygens (including phenoxy) is 4. The molecule has 0 saturated heterocycles. The van der Waals surface area contributed by atoms with E-state index in [4.69, 9.17) is 18.9 Å². The van der Waals surface area contributed by atoms with Gasteiger partial charge in [-0.25, -0.2) is 0 Å². The highest BCUT2D eigenvalue weighted by molar-refractivity contribution is 6.11. The van der Waals surface area contributed by atoms with Gasteiger partial charge in [0.1, 0.15) is 11.5 Å². The van der Waals surface area contributed by atoms with Crippen molar-refractivity contribution in [3.05, 3.63) is 47.0 Å². The van der Waals surface area contributed by atoms with Crippen molar-refractivity contribution in [3.63, 3.8) is 0 Å². The minimum atomic E-state index is -0.0690. The summed E-state index contributed by atoms with van der Waals surface area (Å²) in [5.74, 6) is 2.55. The van der Waals surface area contributed by atoms with Crippen LogP contribution in [-0.4, -0.2) is 40.9 Å². The molecule has 27 heavy (non-hydrogen) atoms. The Labute approximate surface area is 158 Å². The van der Waals surface area contributed by atoms with E-state index in [0.29, 0.717) is 28.4 Å². The second-order valence-corrected chi connectivity index (χ2v) is 6.38. The van der Waals surface area contributed by atoms with Gasteiger partial charge < -0.3 is 23.8 Å². The Kier molecular flexibility index (Phi) is 5.26. The summed E-state index contributed by atoms with van der Waals surface area (Å²) in [5.41, 5.74) is 2.78. The number of allylic oxidation sites excluding steroid dienone is 1. The molecule has 1 heterocycles. The number of benzene rings is 2. The van der Waals surface area contributed by atoms with Gasteiger partial charge in [0.05, 0.1) is 19.9 Å². The number of nitrogens with zero attached hydrogens (tertiary/aromatic N) is 1. The third-order valence-electron chi connectivity index (χ3n) is 4.38. The molecular weight excluding hydrogens is 346 g/mol. The Balaban J connectivity index is 1.95. The lowest BCUT2D eigenvalue weighted by Gasteiger charge is -2.17. The molecule has 0 fully saturated rings. The fourth-order valence-electron chi connectivity index (χ4n) is 2.94. The summed E-state index contributed by atoms with van der Waals surface area (Å²) in [5, 5.41) is 0. The van der Waals surface area contributed by atoms with Crippen LogP contribution in [0.1, 0.15) is 22.8 Å². The molecule has 0 aliphatic carbocycles. The first-order valence-electron chi connectivity index (χ1n) is 8.50. The van der Waals surface area contributed by atoms with Crippen molar-refractivity contribution in [1.82, 2.24) is 0 Å². The van der Waals surface area contributed by atoms with Crippen molar-refractivity contribution < 1.29 is 23.7 Å². The number of rotatable bonds is 6. The van der Waals surface area contributed by atoms with Gasteiger partial charge in [0.15, 0.2) is 17.3 Å². The van der Waals surface area contributed by atoms with E-state index in [1.54, 1.807) is 45.4 Å². The molecule has 0 saturated carbocycles. The smallest absolute Gasteiger partial charge is 0.231 e. The molecule has 0 aromatic heterocycles. The molecule has 0 spiro atoms. The molecule has 2 aromatic rings. The zero-order chi connectivity index (χ0) is 19.6. The monoisotopic (exact) mass is 369 g/mol. The van der Waals surface area contributed by atoms with Crippen LogP contribution in [0.15, 0.2) is 35.9 Å². The molecule has 0 radical (unpaired) electrons. The standard InChI is InChI=1S/C21H23NO5/c1-13(8-15-10-19-20(27-12-26-19)11-18(15)25-5)21(23)14-6-7-17(24-4)16(9-14)22(2)3/h6-11H,12H2,1-5H3. The fraction of sp³-hybridized carbons (Fsp3) is 0.286. The number of anilines is 1. The van der Waals surface area contributed by atoms with Crippen LogP contribution in [0.4, 0.5) is 5.69 Å². The van der Waals surface area contributed by atoms with Crippen LogP contribution in [0.2, 0.25) is 0 Å². The first-order valence-corrected chi connectivity index (χ1v) is 8.50. The predicted octanol–water partition coefficient (Wildman–Crippen LogP) is 3.78. The van der Waals surface area contributed by atoms with Gasteiger partial charge in [-0.1, -0.05) is 0 Å². The lowest BCUT2D eigenvalue weighted by atomic mass is 10.0. The molecule has 3 rings (SSSR count). The van der Waals surface area contributed by atoms with Gasteiger partial charge >= 0.3 is 0 Å². The normalized spacial score (nSPS) is 12.7. The van der Waals surface area contributed by atoms with Gasteiger partial charge in [-0.15, -0.1) is 0 Å². The highest BCUT2D eigenvalue weighted by Crippen LogP contribution is 2.39. The molecule has 0 unspecified atom stereocenters. The largest absolute Gasteiger partial charge is 0.496 e. The molecule has 0 N–H and O–H groups in total. The van der Waals surface area contributed by atoms with Crippen molar-refractivity contribution in [2.45, 2.75) is 6.92 Å². The maximum absolute atomic E-state index is 12.9. The number of fused-ring (bicyclic) bond motifs is 1. The Morgan fingerprint density at radius 2 is 1.70 bits per heavy atom. The summed E-state index contributed by atoms with van der Waals surface area (Å²) in [6.07, 6.45) is 1.79. The van der Waals surface area contributed by atoms with Crippen molar-refractivity contribution in [1.29, 1.82) is 0 Å². The lowest BCUT2D eigenvalue weighted by Crippen LogP contribution is -2.11. The molecule has 6 heteroatoms. The van der Waals surface area contributed by atoms with Crippen molar-refractivity contribution >= 4 is 17.5 Å². The fourth-order valence-corrected chi connectivity index (χ4v) is 2.94. The van der Waals surface area contributed by atoms with E-state index in [1.165, 1.54) is 0 Å². The molecule has 6 nitrogen and oxygen atoms in total. The van der Waals surface area contributed by atoms with Gasteiger partial charge in [0, 0.05) is 31.3 Å². The molecule has 0 atom stereocenters. The first kappa shape index (κ1) is 18.6. The van der Waals surface area contributed by atoms with E-state index >= 15 is 0 Å². The van der Waals surface area contributed by atoms with Crippen LogP contribution >= 0.6 is 0 Å². The highest BCUT2D eigenvalue weighted by atomic mass is 16.7. The molecular formula is C21H23NO5. The number of ketones is 1. The molecule has 142 valence electrons. The van der Waals surface area contributed by atoms with E-state index < -0.39 is 0 Å². The van der Waals surface area contributed by atoms with Crippen molar-refractivity contribution in [2.24, 2.45) is 0 Å². The summed E-state index contributed by atoms with van der Waals surface area (Å²) in [6.45, 7) is 1.97. The molecule has 0 amide bonds. The van der Waals surface area contributed by atoms with E-state index in [9.17, 15) is 4.79 Å². The van der Waals surface area contributed by atoms with Crippen LogP contribution in [0, 0.1) is 0 Å². The van der Waals surface area contributed by atoms with Gasteiger partial charge in [-0.05, 0) is 42.8 Å². The second kappa shape index (κ2) is 7.61. The van der Waals surface area contributed by atoms with Crippen molar-refractivity contribution in [3.8, 4) is 23.0 Å². The number of methoxy groups -OCH3 is 2. The van der Waals surface area contributed by atoms with Crippen LogP contribution in [0.5, 0.6) is 23.0 Å². The second-order valence-electron chi connectivity index (χ2n) is 6.38. The SMILES string of the molecule is COc1cc2c(cc1C=C(C)C(=O)c1ccc(OC)c(N(C)C)c1)OCO2. The number of carbonyl (C=O) groups is 1. The van der Waals surface area contributed by atoms with E-state index in [1.807, 2.05) is 31.1 Å². The summed E-state index contributed by atoms with van der Waals surface area (Å²) in [4.78, 5) is 14.8. The zero-order valence-corrected chi connectivity index (χ0v) is 16.2. The van der Waals surface area contributed by atoms with E-state index in [0.717, 1.165) is 17.0 Å². The molecule has 1 aliphatic rings. The van der Waals surface area contributed by atoms with Crippen molar-refractivity contribution in [2.75, 3.05) is 40.0 Å². The summed E-state index contributed by atoms with van der Waals surface area (Å²) in [6, 6.07) is 8.98. The highest BCUT2D eigenvalue weighted by Gasteiger charge is 2.18. The maximum Gasteiger partial charge on any atom is 0.231 e. The number of carbonyl (C=O) groups excluding carboxylic acids is 1. The van der Waals surface area contributed by atoms with Gasteiger partial charge in [-0.2, -0.15) is 0 Å². The third-order valence-corrected chi connectivity index (χ3v) is 4.38. The minimum Gasteiger partial charge on any atom is -0.496 e. The van der Waals surface area contributed by atoms with Gasteiger partial charge in [-0.3, -0.25) is 4.79 Å². The van der Waals surface area contributed by atoms with Crippen LogP contribution in [-0.2, 0) is 0 Å². The number of Topliss-reactive ketones (excluding diaryl/α,β-unsaturated/α-hetero) is 1. The van der Waals surface area contributed by atoms with Gasteiger partial charge in [0.2, 0.25) is 6.79 Å².